The van der Waals surface area contributed by atoms with Crippen LogP contribution in [0.15, 0.2) is 53.6 Å². The molecule has 1 atom stereocenters. The SMILES string of the molecule is CCCc1nc(C(C)(C)O)c(C(=O)O)n1Cc1ccc(-c2ccccc2/C(N)=N/N(N)C(C)OC(=O)OCCCO[N+](=O)[O-])cc1. The highest BCUT2D eigenvalue weighted by Crippen LogP contribution is 2.28. The maximum atomic E-state index is 12.2. The molecule has 1 aromatic heterocycles. The molecule has 3 rings (SSSR count). The van der Waals surface area contributed by atoms with Crippen LogP contribution in [0.25, 0.3) is 11.1 Å². The Morgan fingerprint density at radius 2 is 1.85 bits per heavy atom. The molecule has 0 fully saturated rings. The van der Waals surface area contributed by atoms with Crippen LogP contribution in [0, 0.1) is 10.1 Å². The fraction of sp³-hybridized carbons (Fsp3) is 0.400. The number of aryl methyl sites for hydroxylation is 1. The summed E-state index contributed by atoms with van der Waals surface area (Å²) in [5.74, 6) is 5.41. The molecule has 0 bridgehead atoms. The standard InChI is InChI=1S/C30H39N7O9/c1-5-9-24-33-26(30(3,4)41)25(28(38)39)35(24)18-20-12-14-21(15-13-20)22-10-6-7-11-23(22)27(31)34-36(32)19(2)46-29(40)44-16-8-17-45-37(42)43/h6-7,10-15,19,41H,5,8-9,16-18,32H2,1-4H3,(H2,31,34)(H,38,39). The third kappa shape index (κ3) is 9.39. The Morgan fingerprint density at radius 3 is 2.46 bits per heavy atom. The first-order chi connectivity index (χ1) is 21.7. The fourth-order valence-corrected chi connectivity index (χ4v) is 4.50. The van der Waals surface area contributed by atoms with E-state index in [9.17, 15) is 29.9 Å². The number of carbonyl (C=O) groups excluding carboxylic acids is 1. The molecule has 3 aromatic rings. The minimum Gasteiger partial charge on any atom is -0.477 e. The van der Waals surface area contributed by atoms with Gasteiger partial charge in [-0.1, -0.05) is 55.5 Å². The summed E-state index contributed by atoms with van der Waals surface area (Å²) in [4.78, 5) is 42.9. The van der Waals surface area contributed by atoms with Gasteiger partial charge in [0.05, 0.1) is 13.2 Å². The third-order valence-corrected chi connectivity index (χ3v) is 6.68. The zero-order chi connectivity index (χ0) is 34.0. The Morgan fingerprint density at radius 1 is 1.17 bits per heavy atom. The molecular formula is C30H39N7O9. The number of hydrazone groups is 1. The van der Waals surface area contributed by atoms with E-state index in [1.165, 1.54) is 20.8 Å². The van der Waals surface area contributed by atoms with E-state index in [-0.39, 0.29) is 43.4 Å². The van der Waals surface area contributed by atoms with E-state index in [0.717, 1.165) is 28.2 Å². The molecule has 0 saturated carbocycles. The van der Waals surface area contributed by atoms with Crippen molar-refractivity contribution in [3.05, 3.63) is 87.0 Å². The quantitative estimate of drug-likeness (QED) is 0.0257. The summed E-state index contributed by atoms with van der Waals surface area (Å²) in [6, 6.07) is 14.7. The van der Waals surface area contributed by atoms with Crippen LogP contribution in [0.1, 0.15) is 73.7 Å². The van der Waals surface area contributed by atoms with Crippen molar-refractivity contribution in [3.8, 4) is 11.1 Å². The summed E-state index contributed by atoms with van der Waals surface area (Å²) in [7, 11) is 0. The second-order valence-electron chi connectivity index (χ2n) is 10.8. The lowest BCUT2D eigenvalue weighted by atomic mass is 9.98. The molecule has 0 amide bonds. The lowest BCUT2D eigenvalue weighted by Gasteiger charge is -2.21. The summed E-state index contributed by atoms with van der Waals surface area (Å²) in [5, 5.41) is 34.8. The summed E-state index contributed by atoms with van der Waals surface area (Å²) in [5.41, 5.74) is 7.84. The van der Waals surface area contributed by atoms with Crippen molar-refractivity contribution in [3.63, 3.8) is 0 Å². The van der Waals surface area contributed by atoms with Crippen molar-refractivity contribution in [1.29, 1.82) is 0 Å². The van der Waals surface area contributed by atoms with Crippen LogP contribution in [0.5, 0.6) is 0 Å². The first-order valence-electron chi connectivity index (χ1n) is 14.5. The van der Waals surface area contributed by atoms with Crippen molar-refractivity contribution in [2.24, 2.45) is 16.7 Å². The predicted molar refractivity (Wildman–Crippen MR) is 166 cm³/mol. The zero-order valence-corrected chi connectivity index (χ0v) is 26.1. The van der Waals surface area contributed by atoms with Crippen LogP contribution in [-0.4, -0.2) is 67.4 Å². The van der Waals surface area contributed by atoms with Gasteiger partial charge in [0.25, 0.3) is 5.09 Å². The number of benzene rings is 2. The topological polar surface area (TPSA) is 231 Å². The maximum absolute atomic E-state index is 12.2. The minimum absolute atomic E-state index is 0.0378. The lowest BCUT2D eigenvalue weighted by Crippen LogP contribution is -2.40. The van der Waals surface area contributed by atoms with Gasteiger partial charge < -0.3 is 34.8 Å². The van der Waals surface area contributed by atoms with Gasteiger partial charge in [0.2, 0.25) is 6.23 Å². The van der Waals surface area contributed by atoms with Crippen LogP contribution in [0.3, 0.4) is 0 Å². The number of carbonyl (C=O) groups is 2. The number of rotatable bonds is 16. The average molecular weight is 642 g/mol. The number of aromatic carboxylic acids is 1. The molecule has 0 aliphatic heterocycles. The van der Waals surface area contributed by atoms with Crippen LogP contribution in [-0.2, 0) is 32.9 Å². The first-order valence-corrected chi connectivity index (χ1v) is 14.5. The Bertz CT molecular complexity index is 1550. The van der Waals surface area contributed by atoms with Crippen molar-refractivity contribution < 1.29 is 39.2 Å². The second-order valence-corrected chi connectivity index (χ2v) is 10.8. The number of carboxylic acids is 1. The number of aliphatic hydroxyl groups is 1. The third-order valence-electron chi connectivity index (χ3n) is 6.68. The Kier molecular flexibility index (Phi) is 12.0. The highest BCUT2D eigenvalue weighted by atomic mass is 16.9. The van der Waals surface area contributed by atoms with Crippen molar-refractivity contribution in [2.75, 3.05) is 13.2 Å². The molecule has 16 heteroatoms. The zero-order valence-electron chi connectivity index (χ0n) is 26.1. The van der Waals surface area contributed by atoms with E-state index in [0.29, 0.717) is 17.8 Å². The molecular weight excluding hydrogens is 602 g/mol. The van der Waals surface area contributed by atoms with Gasteiger partial charge in [0.1, 0.15) is 17.1 Å². The highest BCUT2D eigenvalue weighted by Gasteiger charge is 2.31. The Hall–Kier alpha value is -5.22. The number of ether oxygens (including phenoxy) is 2. The molecule has 1 unspecified atom stereocenters. The minimum atomic E-state index is -1.43. The summed E-state index contributed by atoms with van der Waals surface area (Å²) in [6.45, 7) is 6.29. The molecule has 1 heterocycles. The normalized spacial score (nSPS) is 12.3. The molecule has 0 spiro atoms. The molecule has 2 aromatic carbocycles. The molecule has 16 nitrogen and oxygen atoms in total. The molecule has 0 aliphatic carbocycles. The lowest BCUT2D eigenvalue weighted by molar-refractivity contribution is -0.757. The van der Waals surface area contributed by atoms with Gasteiger partial charge >= 0.3 is 12.1 Å². The molecule has 0 saturated heterocycles. The number of carboxylic acid groups (broad SMARTS) is 1. The average Bonchev–Trinajstić information content (AvgIpc) is 3.36. The van der Waals surface area contributed by atoms with E-state index in [4.69, 9.17) is 21.1 Å². The smallest absolute Gasteiger partial charge is 0.477 e. The fourth-order valence-electron chi connectivity index (χ4n) is 4.50. The van der Waals surface area contributed by atoms with Crippen LogP contribution < -0.4 is 11.6 Å². The maximum Gasteiger partial charge on any atom is 0.510 e. The predicted octanol–water partition coefficient (Wildman–Crippen LogP) is 3.37. The van der Waals surface area contributed by atoms with Gasteiger partial charge in [0.15, 0.2) is 11.5 Å². The largest absolute Gasteiger partial charge is 0.510 e. The molecule has 248 valence electrons. The van der Waals surface area contributed by atoms with Gasteiger partial charge in [-0.15, -0.1) is 15.2 Å². The van der Waals surface area contributed by atoms with E-state index in [1.807, 2.05) is 43.3 Å². The summed E-state index contributed by atoms with van der Waals surface area (Å²) in [6.07, 6.45) is -0.734. The van der Waals surface area contributed by atoms with Gasteiger partial charge in [-0.25, -0.2) is 20.4 Å². The Balaban J connectivity index is 1.76. The number of aromatic nitrogens is 2. The van der Waals surface area contributed by atoms with E-state index < -0.39 is 29.0 Å². The van der Waals surface area contributed by atoms with Gasteiger partial charge in [-0.3, -0.25) is 0 Å². The van der Waals surface area contributed by atoms with Gasteiger partial charge in [-0.2, -0.15) is 5.12 Å². The second kappa shape index (κ2) is 15.7. The number of hydrogen-bond donors (Lipinski definition) is 4. The number of hydrogen-bond acceptors (Lipinski definition) is 12. The highest BCUT2D eigenvalue weighted by molar-refractivity contribution is 6.03. The van der Waals surface area contributed by atoms with E-state index in [2.05, 4.69) is 14.9 Å². The van der Waals surface area contributed by atoms with Gasteiger partial charge in [0, 0.05) is 24.9 Å². The van der Waals surface area contributed by atoms with Crippen molar-refractivity contribution in [2.45, 2.75) is 65.3 Å². The van der Waals surface area contributed by atoms with Crippen molar-refractivity contribution >= 4 is 18.0 Å². The monoisotopic (exact) mass is 641 g/mol. The van der Waals surface area contributed by atoms with Crippen LogP contribution in [0.2, 0.25) is 0 Å². The van der Waals surface area contributed by atoms with Gasteiger partial charge in [-0.05, 0) is 43.9 Å². The number of hydrazine groups is 1. The van der Waals surface area contributed by atoms with E-state index in [1.54, 1.807) is 16.7 Å². The van der Waals surface area contributed by atoms with Crippen LogP contribution >= 0.6 is 0 Å². The number of imidazole rings is 1. The molecule has 0 radical (unpaired) electrons. The van der Waals surface area contributed by atoms with E-state index >= 15 is 0 Å². The first kappa shape index (κ1) is 35.3. The molecule has 0 aliphatic rings. The van der Waals surface area contributed by atoms with Crippen LogP contribution in [0.4, 0.5) is 4.79 Å². The number of nitrogens with zero attached hydrogens (tertiary/aromatic N) is 5. The summed E-state index contributed by atoms with van der Waals surface area (Å²) < 4.78 is 11.5. The molecule has 6 N–H and O–H groups in total. The number of nitrogens with two attached hydrogens (primary N) is 2. The number of amidine groups is 1. The van der Waals surface area contributed by atoms with Crippen molar-refractivity contribution in [1.82, 2.24) is 14.7 Å². The summed E-state index contributed by atoms with van der Waals surface area (Å²) >= 11 is 0. The molecule has 46 heavy (non-hydrogen) atoms. The Labute approximate surface area is 265 Å².